The minimum absolute atomic E-state index is 0.435. The fraction of sp³-hybridized carbons (Fsp3) is 0.222. The number of nitrogens with zero attached hydrogens (tertiary/aromatic N) is 1. The molecule has 4 heteroatoms. The number of hydrogen-bond acceptors (Lipinski definition) is 2. The van der Waals surface area contributed by atoms with Crippen LogP contribution in [0.4, 0.5) is 0 Å². The van der Waals surface area contributed by atoms with Gasteiger partial charge in [0.1, 0.15) is 0 Å². The van der Waals surface area contributed by atoms with Gasteiger partial charge in [-0.3, -0.25) is 4.21 Å². The van der Waals surface area contributed by atoms with Crippen LogP contribution in [0.3, 0.4) is 0 Å². The molecule has 0 aliphatic heterocycles. The third-order valence-corrected chi connectivity index (χ3v) is 2.61. The Morgan fingerprint density at radius 3 is 2.77 bits per heavy atom. The van der Waals surface area contributed by atoms with E-state index in [-0.39, 0.29) is 0 Å². The van der Waals surface area contributed by atoms with Crippen LogP contribution in [0.25, 0.3) is 0 Å². The smallest absolute Gasteiger partial charge is 0.0992 e. The van der Waals surface area contributed by atoms with Crippen LogP contribution in [0.15, 0.2) is 18.2 Å². The van der Waals surface area contributed by atoms with E-state index in [1.165, 1.54) is 0 Å². The highest BCUT2D eigenvalue weighted by Crippen LogP contribution is 2.18. The van der Waals surface area contributed by atoms with E-state index in [0.29, 0.717) is 16.3 Å². The minimum atomic E-state index is -0.903. The lowest BCUT2D eigenvalue weighted by atomic mass is 10.2. The molecule has 0 saturated carbocycles. The molecule has 0 aromatic heterocycles. The monoisotopic (exact) mass is 213 g/mol. The summed E-state index contributed by atoms with van der Waals surface area (Å²) in [5, 5.41) is 9.07. The Labute approximate surface area is 84.6 Å². The second-order valence-electron chi connectivity index (χ2n) is 2.64. The van der Waals surface area contributed by atoms with Gasteiger partial charge in [-0.2, -0.15) is 5.26 Å². The molecule has 1 atom stereocenters. The van der Waals surface area contributed by atoms with Crippen molar-refractivity contribution in [2.75, 3.05) is 6.26 Å². The predicted molar refractivity (Wildman–Crippen MR) is 53.9 cm³/mol. The van der Waals surface area contributed by atoms with Gasteiger partial charge in [0.25, 0.3) is 0 Å². The topological polar surface area (TPSA) is 40.9 Å². The van der Waals surface area contributed by atoms with E-state index < -0.39 is 10.8 Å². The summed E-state index contributed by atoms with van der Waals surface area (Å²) >= 11 is 5.87. The molecule has 1 rings (SSSR count). The second kappa shape index (κ2) is 4.40. The molecule has 1 unspecified atom stereocenters. The van der Waals surface area contributed by atoms with Crippen LogP contribution < -0.4 is 0 Å². The third kappa shape index (κ3) is 2.83. The molecular formula is C9H8ClNOS. The van der Waals surface area contributed by atoms with Gasteiger partial charge < -0.3 is 0 Å². The molecular weight excluding hydrogens is 206 g/mol. The molecule has 1 aromatic rings. The van der Waals surface area contributed by atoms with Crippen LogP contribution in [0.2, 0.25) is 5.02 Å². The first-order chi connectivity index (χ1) is 6.13. The van der Waals surface area contributed by atoms with Crippen LogP contribution in [0.1, 0.15) is 11.1 Å². The van der Waals surface area contributed by atoms with Gasteiger partial charge in [-0.15, -0.1) is 0 Å². The Bertz CT molecular complexity index is 384. The molecule has 0 radical (unpaired) electrons. The number of halogens is 1. The Morgan fingerprint density at radius 2 is 2.31 bits per heavy atom. The Morgan fingerprint density at radius 1 is 1.62 bits per heavy atom. The summed E-state index contributed by atoms with van der Waals surface area (Å²) in [5.41, 5.74) is 1.34. The van der Waals surface area contributed by atoms with Gasteiger partial charge in [0.05, 0.1) is 11.6 Å². The summed E-state index contributed by atoms with van der Waals surface area (Å²) < 4.78 is 10.9. The zero-order valence-electron chi connectivity index (χ0n) is 7.08. The van der Waals surface area contributed by atoms with Crippen molar-refractivity contribution < 1.29 is 4.21 Å². The summed E-state index contributed by atoms with van der Waals surface area (Å²) in [7, 11) is -0.903. The molecule has 0 aliphatic carbocycles. The van der Waals surface area contributed by atoms with Gasteiger partial charge in [-0.25, -0.2) is 0 Å². The van der Waals surface area contributed by atoms with Gasteiger partial charge in [0.15, 0.2) is 0 Å². The third-order valence-electron chi connectivity index (χ3n) is 1.54. The predicted octanol–water partition coefficient (Wildman–Crippen LogP) is 2.09. The maximum atomic E-state index is 10.9. The number of nitriles is 1. The van der Waals surface area contributed by atoms with Crippen LogP contribution >= 0.6 is 11.6 Å². The normalized spacial score (nSPS) is 12.1. The van der Waals surface area contributed by atoms with Crippen molar-refractivity contribution >= 4 is 22.4 Å². The molecule has 13 heavy (non-hydrogen) atoms. The maximum absolute atomic E-state index is 10.9. The maximum Gasteiger partial charge on any atom is 0.0992 e. The standard InChI is InChI=1S/C9H8ClNOS/c1-13(12)6-8-3-2-7(5-11)4-9(8)10/h2-4H,6H2,1H3. The van der Waals surface area contributed by atoms with Crippen LogP contribution in [0, 0.1) is 11.3 Å². The van der Waals surface area contributed by atoms with Gasteiger partial charge in [0.2, 0.25) is 0 Å². The molecule has 1 aromatic carbocycles. The first-order valence-corrected chi connectivity index (χ1v) is 5.72. The SMILES string of the molecule is CS(=O)Cc1ccc(C#N)cc1Cl. The largest absolute Gasteiger partial charge is 0.260 e. The molecule has 0 amide bonds. The number of rotatable bonds is 2. The summed E-state index contributed by atoms with van der Waals surface area (Å²) in [6.07, 6.45) is 1.62. The lowest BCUT2D eigenvalue weighted by Crippen LogP contribution is -1.93. The van der Waals surface area contributed by atoms with Crippen molar-refractivity contribution in [3.05, 3.63) is 34.3 Å². The van der Waals surface area contributed by atoms with Gasteiger partial charge in [-0.05, 0) is 17.7 Å². The van der Waals surface area contributed by atoms with E-state index in [0.717, 1.165) is 5.56 Å². The zero-order chi connectivity index (χ0) is 9.84. The zero-order valence-corrected chi connectivity index (χ0v) is 8.65. The summed E-state index contributed by atoms with van der Waals surface area (Å²) in [6.45, 7) is 0. The van der Waals surface area contributed by atoms with E-state index in [4.69, 9.17) is 16.9 Å². The molecule has 0 bridgehead atoms. The fourth-order valence-corrected chi connectivity index (χ4v) is 1.97. The van der Waals surface area contributed by atoms with Crippen LogP contribution in [0.5, 0.6) is 0 Å². The minimum Gasteiger partial charge on any atom is -0.260 e. The van der Waals surface area contributed by atoms with Crippen LogP contribution in [-0.4, -0.2) is 10.5 Å². The van der Waals surface area contributed by atoms with Crippen molar-refractivity contribution in [3.8, 4) is 6.07 Å². The average molecular weight is 214 g/mol. The van der Waals surface area contributed by atoms with E-state index in [9.17, 15) is 4.21 Å². The molecule has 0 fully saturated rings. The lowest BCUT2D eigenvalue weighted by Gasteiger charge is -2.01. The molecule has 0 spiro atoms. The van der Waals surface area contributed by atoms with Gasteiger partial charge >= 0.3 is 0 Å². The van der Waals surface area contributed by atoms with Crippen molar-refractivity contribution in [1.82, 2.24) is 0 Å². The Balaban J connectivity index is 3.00. The van der Waals surface area contributed by atoms with Crippen molar-refractivity contribution in [2.45, 2.75) is 5.75 Å². The first-order valence-electron chi connectivity index (χ1n) is 3.62. The molecule has 2 nitrogen and oxygen atoms in total. The lowest BCUT2D eigenvalue weighted by molar-refractivity contribution is 0.686. The highest BCUT2D eigenvalue weighted by atomic mass is 35.5. The summed E-state index contributed by atoms with van der Waals surface area (Å²) in [4.78, 5) is 0. The van der Waals surface area contributed by atoms with E-state index in [2.05, 4.69) is 0 Å². The Kier molecular flexibility index (Phi) is 3.47. The van der Waals surface area contributed by atoms with Crippen molar-refractivity contribution in [3.63, 3.8) is 0 Å². The highest BCUT2D eigenvalue weighted by Gasteiger charge is 2.03. The summed E-state index contributed by atoms with van der Waals surface area (Å²) in [5.74, 6) is 0.435. The van der Waals surface area contributed by atoms with Gasteiger partial charge in [-0.1, -0.05) is 17.7 Å². The second-order valence-corrected chi connectivity index (χ2v) is 4.48. The fourth-order valence-electron chi connectivity index (χ4n) is 0.953. The summed E-state index contributed by atoms with van der Waals surface area (Å²) in [6, 6.07) is 6.99. The van der Waals surface area contributed by atoms with Crippen LogP contribution in [-0.2, 0) is 16.6 Å². The molecule has 0 aliphatic rings. The first kappa shape index (κ1) is 10.2. The van der Waals surface area contributed by atoms with Gasteiger partial charge in [0, 0.05) is 27.8 Å². The molecule has 68 valence electrons. The number of hydrogen-bond donors (Lipinski definition) is 0. The molecule has 0 heterocycles. The van der Waals surface area contributed by atoms with Crippen molar-refractivity contribution in [2.24, 2.45) is 0 Å². The highest BCUT2D eigenvalue weighted by molar-refractivity contribution is 7.83. The van der Waals surface area contributed by atoms with Crippen molar-refractivity contribution in [1.29, 1.82) is 5.26 Å². The molecule has 0 saturated heterocycles. The average Bonchev–Trinajstić information content (AvgIpc) is 2.08. The van der Waals surface area contributed by atoms with E-state index in [1.54, 1.807) is 24.5 Å². The van der Waals surface area contributed by atoms with E-state index in [1.807, 2.05) is 6.07 Å². The Hall–Kier alpha value is -0.850. The molecule has 0 N–H and O–H groups in total. The van der Waals surface area contributed by atoms with E-state index >= 15 is 0 Å². The quantitative estimate of drug-likeness (QED) is 0.755. The number of benzene rings is 1.